The van der Waals surface area contributed by atoms with Gasteiger partial charge in [0.15, 0.2) is 0 Å². The molecule has 1 aromatic carbocycles. The monoisotopic (exact) mass is 364 g/mol. The maximum absolute atomic E-state index is 9.22. The summed E-state index contributed by atoms with van der Waals surface area (Å²) in [5, 5.41) is 18.4. The van der Waals surface area contributed by atoms with Crippen molar-refractivity contribution in [3.63, 3.8) is 0 Å². The molecule has 0 spiro atoms. The summed E-state index contributed by atoms with van der Waals surface area (Å²) < 4.78 is 5.89. The lowest BCUT2D eigenvalue weighted by Crippen LogP contribution is -1.98. The molecule has 0 aromatic heterocycles. The second-order valence-electron chi connectivity index (χ2n) is 5.72. The van der Waals surface area contributed by atoms with Crippen LogP contribution in [0.2, 0.25) is 0 Å². The molecule has 0 saturated heterocycles. The number of benzene rings is 1. The van der Waals surface area contributed by atoms with Gasteiger partial charge in [0, 0.05) is 5.57 Å². The van der Waals surface area contributed by atoms with Crippen LogP contribution in [0.25, 0.3) is 6.08 Å². The van der Waals surface area contributed by atoms with Gasteiger partial charge in [-0.3, -0.25) is 0 Å². The molecule has 1 aromatic rings. The van der Waals surface area contributed by atoms with Crippen LogP contribution in [0.3, 0.4) is 0 Å². The van der Waals surface area contributed by atoms with Crippen LogP contribution >= 0.6 is 0 Å². The molecule has 0 atom stereocenters. The summed E-state index contributed by atoms with van der Waals surface area (Å²) in [5.74, 6) is 1.07. The Morgan fingerprint density at radius 2 is 1.68 bits per heavy atom. The van der Waals surface area contributed by atoms with Crippen molar-refractivity contribution in [2.24, 2.45) is 0 Å². The van der Waals surface area contributed by atoms with Crippen molar-refractivity contribution >= 4 is 6.08 Å². The highest BCUT2D eigenvalue weighted by Gasteiger charge is 2.11. The molecular formula is C25H20N2O. The Labute approximate surface area is 166 Å². The van der Waals surface area contributed by atoms with Gasteiger partial charge in [0.05, 0.1) is 0 Å². The van der Waals surface area contributed by atoms with E-state index in [1.807, 2.05) is 85.9 Å². The molecule has 1 aliphatic rings. The highest BCUT2D eigenvalue weighted by Crippen LogP contribution is 2.24. The van der Waals surface area contributed by atoms with Crippen molar-refractivity contribution in [3.8, 4) is 12.1 Å². The summed E-state index contributed by atoms with van der Waals surface area (Å²) in [6.45, 7) is 5.73. The first kappa shape index (κ1) is 20.2. The van der Waals surface area contributed by atoms with Gasteiger partial charge in [0.2, 0.25) is 0 Å². The van der Waals surface area contributed by atoms with Gasteiger partial charge in [-0.2, -0.15) is 10.5 Å². The summed E-state index contributed by atoms with van der Waals surface area (Å²) in [4.78, 5) is 0. The quantitative estimate of drug-likeness (QED) is 0.453. The highest BCUT2D eigenvalue weighted by molar-refractivity contribution is 5.58. The van der Waals surface area contributed by atoms with Crippen molar-refractivity contribution in [1.82, 2.24) is 0 Å². The molecule has 0 N–H and O–H groups in total. The van der Waals surface area contributed by atoms with Crippen LogP contribution < -0.4 is 0 Å². The van der Waals surface area contributed by atoms with Crippen molar-refractivity contribution in [1.29, 1.82) is 10.5 Å². The molecule has 28 heavy (non-hydrogen) atoms. The molecule has 0 radical (unpaired) electrons. The number of ether oxygens (including phenoxy) is 1. The Balaban J connectivity index is 2.36. The van der Waals surface area contributed by atoms with E-state index in [1.165, 1.54) is 0 Å². The molecule has 0 bridgehead atoms. The lowest BCUT2D eigenvalue weighted by atomic mass is 10.1. The highest BCUT2D eigenvalue weighted by atomic mass is 16.5. The van der Waals surface area contributed by atoms with Gasteiger partial charge in [0.25, 0.3) is 0 Å². The average molecular weight is 364 g/mol. The summed E-state index contributed by atoms with van der Waals surface area (Å²) >= 11 is 0. The molecule has 3 heteroatoms. The Bertz CT molecular complexity index is 999. The predicted octanol–water partition coefficient (Wildman–Crippen LogP) is 6.09. The molecule has 0 unspecified atom stereocenters. The Kier molecular flexibility index (Phi) is 7.81. The fraction of sp³-hybridized carbons (Fsp3) is 0.0400. The second-order valence-corrected chi connectivity index (χ2v) is 5.72. The van der Waals surface area contributed by atoms with E-state index in [-0.39, 0.29) is 5.57 Å². The van der Waals surface area contributed by atoms with Gasteiger partial charge in [0.1, 0.15) is 29.2 Å². The molecule has 2 rings (SSSR count). The zero-order chi connectivity index (χ0) is 20.2. The van der Waals surface area contributed by atoms with E-state index in [2.05, 4.69) is 6.58 Å². The number of rotatable bonds is 6. The van der Waals surface area contributed by atoms with Gasteiger partial charge in [-0.1, -0.05) is 73.4 Å². The van der Waals surface area contributed by atoms with Crippen molar-refractivity contribution in [2.45, 2.75) is 6.92 Å². The predicted molar refractivity (Wildman–Crippen MR) is 113 cm³/mol. The number of nitrogens with zero attached hydrogens (tertiary/aromatic N) is 2. The summed E-state index contributed by atoms with van der Waals surface area (Å²) in [6.07, 6.45) is 18.2. The zero-order valence-corrected chi connectivity index (χ0v) is 15.7. The first-order valence-electron chi connectivity index (χ1n) is 8.72. The van der Waals surface area contributed by atoms with E-state index in [0.29, 0.717) is 17.1 Å². The van der Waals surface area contributed by atoms with Gasteiger partial charge in [-0.15, -0.1) is 0 Å². The lowest BCUT2D eigenvalue weighted by molar-refractivity contribution is 0.332. The first-order valence-corrected chi connectivity index (χ1v) is 8.72. The van der Waals surface area contributed by atoms with E-state index >= 15 is 0 Å². The Morgan fingerprint density at radius 3 is 2.29 bits per heavy atom. The molecular weight excluding hydrogens is 344 g/mol. The number of hydrogen-bond donors (Lipinski definition) is 0. The maximum atomic E-state index is 9.22. The van der Waals surface area contributed by atoms with E-state index in [1.54, 1.807) is 24.3 Å². The number of hydrogen-bond acceptors (Lipinski definition) is 3. The molecule has 1 heterocycles. The Morgan fingerprint density at radius 1 is 1.00 bits per heavy atom. The third-order valence-corrected chi connectivity index (χ3v) is 3.74. The number of nitriles is 2. The smallest absolute Gasteiger partial charge is 0.137 e. The molecule has 136 valence electrons. The van der Waals surface area contributed by atoms with E-state index < -0.39 is 0 Å². The van der Waals surface area contributed by atoms with Crippen molar-refractivity contribution in [3.05, 3.63) is 125 Å². The Hall–Kier alpha value is -4.08. The van der Waals surface area contributed by atoms with Crippen LogP contribution in [0.4, 0.5) is 0 Å². The van der Waals surface area contributed by atoms with E-state index in [4.69, 9.17) is 4.74 Å². The molecule has 0 fully saturated rings. The molecule has 3 nitrogen and oxygen atoms in total. The molecule has 0 saturated carbocycles. The lowest BCUT2D eigenvalue weighted by Gasteiger charge is -2.14. The fourth-order valence-corrected chi connectivity index (χ4v) is 2.33. The molecule has 0 amide bonds. The SMILES string of the molecule is C=CC(/C=C/C1=CC(=C(C#N)C#N)C=C(/C=C/c2ccccc2)O1)=C\C=C/C. The van der Waals surface area contributed by atoms with Crippen LogP contribution in [0, 0.1) is 22.7 Å². The van der Waals surface area contributed by atoms with Crippen molar-refractivity contribution < 1.29 is 4.74 Å². The summed E-state index contributed by atoms with van der Waals surface area (Å²) in [6, 6.07) is 13.7. The van der Waals surface area contributed by atoms with E-state index in [9.17, 15) is 10.5 Å². The third-order valence-electron chi connectivity index (χ3n) is 3.74. The largest absolute Gasteiger partial charge is 0.457 e. The van der Waals surface area contributed by atoms with Crippen LogP contribution in [0.1, 0.15) is 12.5 Å². The normalized spacial score (nSPS) is 14.4. The summed E-state index contributed by atoms with van der Waals surface area (Å²) in [7, 11) is 0. The van der Waals surface area contributed by atoms with Gasteiger partial charge < -0.3 is 4.74 Å². The molecule has 0 aliphatic carbocycles. The molecule has 1 aliphatic heterocycles. The fourth-order valence-electron chi connectivity index (χ4n) is 2.33. The average Bonchev–Trinajstić information content (AvgIpc) is 2.74. The summed E-state index contributed by atoms with van der Waals surface area (Å²) in [5.41, 5.74) is 2.48. The zero-order valence-electron chi connectivity index (χ0n) is 15.7. The van der Waals surface area contributed by atoms with Gasteiger partial charge in [-0.25, -0.2) is 0 Å². The topological polar surface area (TPSA) is 56.8 Å². The first-order chi connectivity index (χ1) is 13.7. The van der Waals surface area contributed by atoms with E-state index in [0.717, 1.165) is 11.1 Å². The number of allylic oxidation sites excluding steroid dienone is 12. The van der Waals surface area contributed by atoms with Gasteiger partial charge >= 0.3 is 0 Å². The second kappa shape index (κ2) is 10.8. The minimum atomic E-state index is 0.0354. The minimum absolute atomic E-state index is 0.0354. The van der Waals surface area contributed by atoms with Crippen LogP contribution in [-0.4, -0.2) is 0 Å². The van der Waals surface area contributed by atoms with Crippen molar-refractivity contribution in [2.75, 3.05) is 0 Å². The van der Waals surface area contributed by atoms with Crippen LogP contribution in [0.5, 0.6) is 0 Å². The maximum Gasteiger partial charge on any atom is 0.137 e. The minimum Gasteiger partial charge on any atom is -0.457 e. The van der Waals surface area contributed by atoms with Gasteiger partial charge in [-0.05, 0) is 42.4 Å². The standard InChI is InChI=1S/C25H20N2O/c1-3-5-9-20(4-2)12-14-24-16-22(23(18-26)19-27)17-25(28-24)15-13-21-10-7-6-8-11-21/h3-17H,2H2,1H3/b5-3-,14-12+,15-13+,20-9+. The van der Waals surface area contributed by atoms with Crippen LogP contribution in [-0.2, 0) is 4.74 Å². The van der Waals surface area contributed by atoms with Crippen LogP contribution in [0.15, 0.2) is 120 Å². The third kappa shape index (κ3) is 6.02.